The molecule has 1 aliphatic carbocycles. The van der Waals surface area contributed by atoms with Crippen molar-refractivity contribution in [2.75, 3.05) is 13.2 Å². The van der Waals surface area contributed by atoms with E-state index in [1.165, 1.54) is 30.4 Å². The predicted molar refractivity (Wildman–Crippen MR) is 73.9 cm³/mol. The van der Waals surface area contributed by atoms with Gasteiger partial charge in [-0.3, -0.25) is 0 Å². The number of rotatable bonds is 3. The summed E-state index contributed by atoms with van der Waals surface area (Å²) in [6.45, 7) is 5.32. The maximum absolute atomic E-state index is 6.10. The molecule has 0 aromatic heterocycles. The molecule has 2 nitrogen and oxygen atoms in total. The van der Waals surface area contributed by atoms with Crippen LogP contribution < -0.4 is 10.1 Å². The highest BCUT2D eigenvalue weighted by Gasteiger charge is 2.22. The van der Waals surface area contributed by atoms with Crippen LogP contribution in [0.15, 0.2) is 18.2 Å². The lowest BCUT2D eigenvalue weighted by atomic mass is 10.0. The van der Waals surface area contributed by atoms with E-state index in [-0.39, 0.29) is 0 Å². The van der Waals surface area contributed by atoms with Gasteiger partial charge in [0.25, 0.3) is 0 Å². The molecule has 1 saturated carbocycles. The third-order valence-electron chi connectivity index (χ3n) is 4.38. The molecule has 1 heterocycles. The van der Waals surface area contributed by atoms with Gasteiger partial charge in [-0.25, -0.2) is 0 Å². The summed E-state index contributed by atoms with van der Waals surface area (Å²) < 4.78 is 6.10. The molecule has 0 bridgehead atoms. The maximum Gasteiger partial charge on any atom is 0.124 e. The second-order valence-electron chi connectivity index (χ2n) is 5.92. The van der Waals surface area contributed by atoms with Crippen molar-refractivity contribution in [3.63, 3.8) is 0 Å². The number of fused-ring (bicyclic) bond motifs is 1. The van der Waals surface area contributed by atoms with Crippen molar-refractivity contribution in [1.29, 1.82) is 0 Å². The van der Waals surface area contributed by atoms with Crippen LogP contribution >= 0.6 is 0 Å². The Morgan fingerprint density at radius 2 is 2.28 bits per heavy atom. The lowest BCUT2D eigenvalue weighted by Crippen LogP contribution is -2.24. The standard InChI is InChI=1S/C16H23NO/c1-12-5-6-13(9-12)11-18-16-4-2-3-14-7-8-17-10-15(14)16/h2-4,12-13,17H,5-11H2,1H3. The average Bonchev–Trinajstić information content (AvgIpc) is 2.82. The SMILES string of the molecule is CC1CCC(COc2cccc3c2CNCC3)C1. The van der Waals surface area contributed by atoms with E-state index in [1.807, 2.05) is 0 Å². The van der Waals surface area contributed by atoms with Gasteiger partial charge in [-0.2, -0.15) is 0 Å². The fourth-order valence-corrected chi connectivity index (χ4v) is 3.30. The largest absolute Gasteiger partial charge is 0.493 e. The Hall–Kier alpha value is -1.02. The Morgan fingerprint density at radius 1 is 1.33 bits per heavy atom. The van der Waals surface area contributed by atoms with E-state index in [9.17, 15) is 0 Å². The smallest absolute Gasteiger partial charge is 0.124 e. The van der Waals surface area contributed by atoms with Crippen molar-refractivity contribution in [2.45, 2.75) is 39.2 Å². The summed E-state index contributed by atoms with van der Waals surface area (Å²) in [5.74, 6) is 2.77. The van der Waals surface area contributed by atoms with Crippen molar-refractivity contribution in [1.82, 2.24) is 5.32 Å². The van der Waals surface area contributed by atoms with E-state index >= 15 is 0 Å². The lowest BCUT2D eigenvalue weighted by Gasteiger charge is -2.21. The van der Waals surface area contributed by atoms with E-state index in [4.69, 9.17) is 4.74 Å². The molecule has 0 radical (unpaired) electrons. The van der Waals surface area contributed by atoms with E-state index in [1.54, 1.807) is 0 Å². The molecule has 1 N–H and O–H groups in total. The molecule has 2 unspecified atom stereocenters. The molecule has 3 rings (SSSR count). The van der Waals surface area contributed by atoms with Gasteiger partial charge >= 0.3 is 0 Å². The Morgan fingerprint density at radius 3 is 3.11 bits per heavy atom. The topological polar surface area (TPSA) is 21.3 Å². The molecule has 1 aromatic carbocycles. The van der Waals surface area contributed by atoms with Crippen molar-refractivity contribution in [3.8, 4) is 5.75 Å². The zero-order valence-corrected chi connectivity index (χ0v) is 11.2. The van der Waals surface area contributed by atoms with Crippen LogP contribution in [0.1, 0.15) is 37.3 Å². The third kappa shape index (κ3) is 2.54. The minimum absolute atomic E-state index is 0.771. The highest BCUT2D eigenvalue weighted by molar-refractivity contribution is 5.41. The van der Waals surface area contributed by atoms with Crippen LogP contribution in [0.5, 0.6) is 5.75 Å². The molecule has 0 saturated heterocycles. The van der Waals surface area contributed by atoms with Crippen molar-refractivity contribution < 1.29 is 4.74 Å². The van der Waals surface area contributed by atoms with Crippen LogP contribution in [-0.2, 0) is 13.0 Å². The van der Waals surface area contributed by atoms with Crippen LogP contribution in [0.4, 0.5) is 0 Å². The molecule has 2 aliphatic rings. The van der Waals surface area contributed by atoms with E-state index in [0.717, 1.165) is 43.7 Å². The van der Waals surface area contributed by atoms with Gasteiger partial charge in [-0.1, -0.05) is 25.5 Å². The second-order valence-corrected chi connectivity index (χ2v) is 5.92. The number of hydrogen-bond acceptors (Lipinski definition) is 2. The third-order valence-corrected chi connectivity index (χ3v) is 4.38. The van der Waals surface area contributed by atoms with Gasteiger partial charge in [-0.05, 0) is 49.3 Å². The summed E-state index contributed by atoms with van der Waals surface area (Å²) >= 11 is 0. The summed E-state index contributed by atoms with van der Waals surface area (Å²) in [6, 6.07) is 6.50. The van der Waals surface area contributed by atoms with Gasteiger partial charge in [0.15, 0.2) is 0 Å². The normalized spacial score (nSPS) is 26.9. The highest BCUT2D eigenvalue weighted by atomic mass is 16.5. The van der Waals surface area contributed by atoms with Crippen molar-refractivity contribution in [2.24, 2.45) is 11.8 Å². The van der Waals surface area contributed by atoms with E-state index in [0.29, 0.717) is 0 Å². The van der Waals surface area contributed by atoms with Gasteiger partial charge in [-0.15, -0.1) is 0 Å². The molecule has 0 amide bonds. The van der Waals surface area contributed by atoms with Crippen LogP contribution in [0, 0.1) is 11.8 Å². The summed E-state index contributed by atoms with van der Waals surface area (Å²) in [5, 5.41) is 3.44. The number of ether oxygens (including phenoxy) is 1. The minimum Gasteiger partial charge on any atom is -0.493 e. The van der Waals surface area contributed by atoms with Gasteiger partial charge in [0.1, 0.15) is 5.75 Å². The first-order valence-corrected chi connectivity index (χ1v) is 7.27. The van der Waals surface area contributed by atoms with Gasteiger partial charge in [0.2, 0.25) is 0 Å². The zero-order chi connectivity index (χ0) is 12.4. The van der Waals surface area contributed by atoms with Gasteiger partial charge < -0.3 is 10.1 Å². The molecular weight excluding hydrogens is 222 g/mol. The molecular formula is C16H23NO. The molecule has 98 valence electrons. The van der Waals surface area contributed by atoms with Gasteiger partial charge in [0, 0.05) is 12.1 Å². The first-order chi connectivity index (χ1) is 8.83. The average molecular weight is 245 g/mol. The van der Waals surface area contributed by atoms with Crippen molar-refractivity contribution >= 4 is 0 Å². The van der Waals surface area contributed by atoms with Crippen LogP contribution in [-0.4, -0.2) is 13.2 Å². The van der Waals surface area contributed by atoms with Gasteiger partial charge in [0.05, 0.1) is 6.61 Å². The zero-order valence-electron chi connectivity index (χ0n) is 11.2. The molecule has 0 spiro atoms. The van der Waals surface area contributed by atoms with Crippen LogP contribution in [0.3, 0.4) is 0 Å². The Kier molecular flexibility index (Phi) is 3.55. The maximum atomic E-state index is 6.10. The first-order valence-electron chi connectivity index (χ1n) is 7.27. The molecule has 1 aliphatic heterocycles. The fraction of sp³-hybridized carbons (Fsp3) is 0.625. The summed E-state index contributed by atoms with van der Waals surface area (Å²) in [4.78, 5) is 0. The predicted octanol–water partition coefficient (Wildman–Crippen LogP) is 3.15. The lowest BCUT2D eigenvalue weighted by molar-refractivity contribution is 0.245. The molecule has 1 aromatic rings. The van der Waals surface area contributed by atoms with Crippen molar-refractivity contribution in [3.05, 3.63) is 29.3 Å². The van der Waals surface area contributed by atoms with E-state index in [2.05, 4.69) is 30.4 Å². The highest BCUT2D eigenvalue weighted by Crippen LogP contribution is 2.32. The molecule has 18 heavy (non-hydrogen) atoms. The van der Waals surface area contributed by atoms with Crippen LogP contribution in [0.2, 0.25) is 0 Å². The molecule has 1 fully saturated rings. The summed E-state index contributed by atoms with van der Waals surface area (Å²) in [5.41, 5.74) is 2.85. The Balaban J connectivity index is 1.65. The molecule has 2 heteroatoms. The number of nitrogens with one attached hydrogen (secondary N) is 1. The van der Waals surface area contributed by atoms with Crippen LogP contribution in [0.25, 0.3) is 0 Å². The summed E-state index contributed by atoms with van der Waals surface area (Å²) in [6.07, 6.45) is 5.19. The minimum atomic E-state index is 0.771. The number of hydrogen-bond donors (Lipinski definition) is 1. The van der Waals surface area contributed by atoms with E-state index < -0.39 is 0 Å². The number of benzene rings is 1. The first kappa shape index (κ1) is 12.0. The summed E-state index contributed by atoms with van der Waals surface area (Å²) in [7, 11) is 0. The molecule has 2 atom stereocenters. The Labute approximate surface area is 110 Å². The second kappa shape index (κ2) is 5.31. The quantitative estimate of drug-likeness (QED) is 0.883. The fourth-order valence-electron chi connectivity index (χ4n) is 3.30. The monoisotopic (exact) mass is 245 g/mol. The Bertz CT molecular complexity index is 416.